The van der Waals surface area contributed by atoms with Gasteiger partial charge < -0.3 is 19.9 Å². The van der Waals surface area contributed by atoms with E-state index in [0.29, 0.717) is 6.54 Å². The van der Waals surface area contributed by atoms with Crippen molar-refractivity contribution in [2.24, 2.45) is 0 Å². The molecule has 0 unspecified atom stereocenters. The molecular formula is C22H30N3O2+. The van der Waals surface area contributed by atoms with E-state index in [-0.39, 0.29) is 5.91 Å². The van der Waals surface area contributed by atoms with E-state index in [0.717, 1.165) is 57.0 Å². The first-order valence-electron chi connectivity index (χ1n) is 9.78. The Bertz CT molecular complexity index is 713. The van der Waals surface area contributed by atoms with Crippen molar-refractivity contribution in [3.05, 3.63) is 60.2 Å². The summed E-state index contributed by atoms with van der Waals surface area (Å²) < 4.78 is 5.46. The van der Waals surface area contributed by atoms with Crippen molar-refractivity contribution in [3.63, 3.8) is 0 Å². The Morgan fingerprint density at radius 3 is 2.52 bits per heavy atom. The van der Waals surface area contributed by atoms with Gasteiger partial charge in [-0.1, -0.05) is 42.5 Å². The van der Waals surface area contributed by atoms with Gasteiger partial charge in [-0.15, -0.1) is 0 Å². The predicted octanol–water partition coefficient (Wildman–Crippen LogP) is 1.15. The molecule has 1 heterocycles. The molecule has 2 aromatic rings. The summed E-state index contributed by atoms with van der Waals surface area (Å²) in [7, 11) is 1.71. The van der Waals surface area contributed by atoms with Gasteiger partial charge in [0, 0.05) is 6.54 Å². The molecule has 0 bridgehead atoms. The first kappa shape index (κ1) is 19.2. The van der Waals surface area contributed by atoms with Crippen molar-refractivity contribution < 1.29 is 14.4 Å². The third kappa shape index (κ3) is 5.73. The molecule has 0 aliphatic carbocycles. The number of nitrogens with zero attached hydrogens (tertiary/aromatic N) is 1. The molecule has 5 nitrogen and oxygen atoms in total. The van der Waals surface area contributed by atoms with E-state index in [1.54, 1.807) is 7.11 Å². The molecule has 2 aromatic carbocycles. The van der Waals surface area contributed by atoms with Gasteiger partial charge in [0.1, 0.15) is 5.75 Å². The van der Waals surface area contributed by atoms with Gasteiger partial charge in [0.15, 0.2) is 6.54 Å². The van der Waals surface area contributed by atoms with Crippen molar-refractivity contribution in [3.8, 4) is 5.75 Å². The minimum absolute atomic E-state index is 0.156. The zero-order valence-electron chi connectivity index (χ0n) is 16.1. The summed E-state index contributed by atoms with van der Waals surface area (Å²) in [5.41, 5.74) is 2.47. The SMILES string of the molecule is COc1ccccc1N1CC[NH+](CC(=O)NCCCc2ccccc2)CC1. The molecule has 2 N–H and O–H groups in total. The van der Waals surface area contributed by atoms with E-state index in [1.165, 1.54) is 10.5 Å². The lowest BCUT2D eigenvalue weighted by molar-refractivity contribution is -0.892. The maximum Gasteiger partial charge on any atom is 0.275 e. The lowest BCUT2D eigenvalue weighted by Gasteiger charge is -2.34. The van der Waals surface area contributed by atoms with E-state index >= 15 is 0 Å². The molecule has 0 spiro atoms. The summed E-state index contributed by atoms with van der Waals surface area (Å²) in [4.78, 5) is 15.9. The van der Waals surface area contributed by atoms with Crippen LogP contribution in [-0.2, 0) is 11.2 Å². The van der Waals surface area contributed by atoms with Crippen molar-refractivity contribution in [2.45, 2.75) is 12.8 Å². The number of benzene rings is 2. The molecular weight excluding hydrogens is 338 g/mol. The Morgan fingerprint density at radius 2 is 1.78 bits per heavy atom. The Labute approximate surface area is 161 Å². The Morgan fingerprint density at radius 1 is 1.07 bits per heavy atom. The molecule has 0 radical (unpaired) electrons. The molecule has 5 heteroatoms. The van der Waals surface area contributed by atoms with Gasteiger partial charge >= 0.3 is 0 Å². The number of aryl methyl sites for hydroxylation is 1. The quantitative estimate of drug-likeness (QED) is 0.687. The van der Waals surface area contributed by atoms with Crippen LogP contribution >= 0.6 is 0 Å². The van der Waals surface area contributed by atoms with Gasteiger partial charge in [-0.05, 0) is 30.5 Å². The van der Waals surface area contributed by atoms with Crippen LogP contribution in [0.1, 0.15) is 12.0 Å². The molecule has 144 valence electrons. The smallest absolute Gasteiger partial charge is 0.275 e. The molecule has 0 atom stereocenters. The summed E-state index contributed by atoms with van der Waals surface area (Å²) in [5.74, 6) is 1.07. The Balaban J connectivity index is 1.35. The van der Waals surface area contributed by atoms with Crippen LogP contribution in [0.4, 0.5) is 5.69 Å². The zero-order chi connectivity index (χ0) is 18.9. The fraction of sp³-hybridized carbons (Fsp3) is 0.409. The predicted molar refractivity (Wildman–Crippen MR) is 109 cm³/mol. The number of piperazine rings is 1. The van der Waals surface area contributed by atoms with Gasteiger partial charge in [-0.25, -0.2) is 0 Å². The second kappa shape index (κ2) is 9.97. The lowest BCUT2D eigenvalue weighted by Crippen LogP contribution is -3.15. The van der Waals surface area contributed by atoms with Crippen LogP contribution in [-0.4, -0.2) is 52.3 Å². The van der Waals surface area contributed by atoms with Gasteiger partial charge in [0.2, 0.25) is 0 Å². The van der Waals surface area contributed by atoms with Crippen LogP contribution in [0.25, 0.3) is 0 Å². The normalized spacial score (nSPS) is 14.8. The second-order valence-corrected chi connectivity index (χ2v) is 7.02. The molecule has 0 saturated carbocycles. The molecule has 3 rings (SSSR count). The third-order valence-electron chi connectivity index (χ3n) is 5.11. The number of para-hydroxylation sites is 2. The fourth-order valence-corrected chi connectivity index (χ4v) is 3.59. The summed E-state index contributed by atoms with van der Waals surface area (Å²) in [5, 5.41) is 3.07. The summed E-state index contributed by atoms with van der Waals surface area (Å²) >= 11 is 0. The number of hydrogen-bond donors (Lipinski definition) is 2. The number of amides is 1. The third-order valence-corrected chi connectivity index (χ3v) is 5.11. The van der Waals surface area contributed by atoms with Crippen LogP contribution < -0.4 is 19.9 Å². The van der Waals surface area contributed by atoms with E-state index in [2.05, 4.69) is 40.5 Å². The minimum Gasteiger partial charge on any atom is -0.495 e. The van der Waals surface area contributed by atoms with Crippen LogP contribution in [0.3, 0.4) is 0 Å². The Kier molecular flexibility index (Phi) is 7.11. The highest BCUT2D eigenvalue weighted by Gasteiger charge is 2.23. The Hall–Kier alpha value is -2.53. The number of nitrogens with one attached hydrogen (secondary N) is 2. The van der Waals surface area contributed by atoms with E-state index in [9.17, 15) is 4.79 Å². The van der Waals surface area contributed by atoms with Crippen LogP contribution in [0.2, 0.25) is 0 Å². The van der Waals surface area contributed by atoms with Gasteiger partial charge in [0.25, 0.3) is 5.91 Å². The molecule has 1 amide bonds. The number of anilines is 1. The highest BCUT2D eigenvalue weighted by atomic mass is 16.5. The maximum absolute atomic E-state index is 12.2. The lowest BCUT2D eigenvalue weighted by atomic mass is 10.1. The molecule has 27 heavy (non-hydrogen) atoms. The van der Waals surface area contributed by atoms with Crippen LogP contribution in [0.15, 0.2) is 54.6 Å². The number of hydrogen-bond acceptors (Lipinski definition) is 3. The van der Waals surface area contributed by atoms with E-state index in [4.69, 9.17) is 4.74 Å². The minimum atomic E-state index is 0.156. The monoisotopic (exact) mass is 368 g/mol. The van der Waals surface area contributed by atoms with E-state index in [1.807, 2.05) is 24.3 Å². The number of methoxy groups -OCH3 is 1. The molecule has 1 aliphatic rings. The highest BCUT2D eigenvalue weighted by molar-refractivity contribution is 5.76. The summed E-state index contributed by atoms with van der Waals surface area (Å²) in [6.07, 6.45) is 1.98. The fourth-order valence-electron chi connectivity index (χ4n) is 3.59. The van der Waals surface area contributed by atoms with Crippen molar-refractivity contribution in [2.75, 3.05) is 51.3 Å². The molecule has 1 saturated heterocycles. The number of carbonyl (C=O) groups is 1. The van der Waals surface area contributed by atoms with Gasteiger partial charge in [0.05, 0.1) is 39.0 Å². The largest absolute Gasteiger partial charge is 0.495 e. The van der Waals surface area contributed by atoms with Crippen LogP contribution in [0.5, 0.6) is 5.75 Å². The standard InChI is InChI=1S/C22H29N3O2/c1-27-21-12-6-5-11-20(21)25-16-14-24(15-17-25)18-22(26)23-13-7-10-19-8-3-2-4-9-19/h2-6,8-9,11-12H,7,10,13-18H2,1H3,(H,23,26)/p+1. The first-order chi connectivity index (χ1) is 13.3. The first-order valence-corrected chi connectivity index (χ1v) is 9.78. The van der Waals surface area contributed by atoms with E-state index < -0.39 is 0 Å². The summed E-state index contributed by atoms with van der Waals surface area (Å²) in [6.45, 7) is 5.12. The average molecular weight is 369 g/mol. The van der Waals surface area contributed by atoms with Gasteiger partial charge in [-0.3, -0.25) is 4.79 Å². The molecule has 1 aliphatic heterocycles. The number of ether oxygens (including phenoxy) is 1. The number of quaternary nitrogens is 1. The van der Waals surface area contributed by atoms with Crippen LogP contribution in [0, 0.1) is 0 Å². The molecule has 0 aromatic heterocycles. The van der Waals surface area contributed by atoms with Gasteiger partial charge in [-0.2, -0.15) is 0 Å². The van der Waals surface area contributed by atoms with Crippen molar-refractivity contribution in [1.82, 2.24) is 5.32 Å². The second-order valence-electron chi connectivity index (χ2n) is 7.02. The zero-order valence-corrected chi connectivity index (χ0v) is 16.1. The topological polar surface area (TPSA) is 46.0 Å². The van der Waals surface area contributed by atoms with Crippen molar-refractivity contribution >= 4 is 11.6 Å². The van der Waals surface area contributed by atoms with Crippen molar-refractivity contribution in [1.29, 1.82) is 0 Å². The molecule has 1 fully saturated rings. The number of carbonyl (C=O) groups excluding carboxylic acids is 1. The summed E-state index contributed by atoms with van der Waals surface area (Å²) in [6, 6.07) is 18.5. The number of rotatable bonds is 8. The highest BCUT2D eigenvalue weighted by Crippen LogP contribution is 2.27. The average Bonchev–Trinajstić information content (AvgIpc) is 2.72. The maximum atomic E-state index is 12.2.